The predicted octanol–water partition coefficient (Wildman–Crippen LogP) is 1.53. The molecule has 1 aromatic carbocycles. The second-order valence-corrected chi connectivity index (χ2v) is 6.10. The first kappa shape index (κ1) is 13.8. The zero-order valence-corrected chi connectivity index (χ0v) is 12.9. The van der Waals surface area contributed by atoms with E-state index in [0.717, 1.165) is 5.56 Å². The summed E-state index contributed by atoms with van der Waals surface area (Å²) in [5, 5.41) is 25.9. The Balaban J connectivity index is 1.76. The van der Waals surface area contributed by atoms with Crippen molar-refractivity contribution in [2.24, 2.45) is 0 Å². The molecule has 8 nitrogen and oxygen atoms in total. The Hall–Kier alpha value is -2.81. The molecule has 3 aromatic rings. The molecule has 0 unspecified atom stereocenters. The molecule has 1 amide bonds. The quantitative estimate of drug-likeness (QED) is 0.658. The summed E-state index contributed by atoms with van der Waals surface area (Å²) >= 11 is 1.32. The number of H-pyrrole nitrogens is 1. The third-order valence-electron chi connectivity index (χ3n) is 3.45. The highest BCUT2D eigenvalue weighted by molar-refractivity contribution is 7.99. The number of aromatic hydroxyl groups is 1. The summed E-state index contributed by atoms with van der Waals surface area (Å²) in [5.74, 6) is 0.829. The van der Waals surface area contributed by atoms with E-state index in [4.69, 9.17) is 0 Å². The van der Waals surface area contributed by atoms with E-state index in [0.29, 0.717) is 33.7 Å². The molecule has 0 spiro atoms. The van der Waals surface area contributed by atoms with E-state index < -0.39 is 0 Å². The predicted molar refractivity (Wildman–Crippen MR) is 84.5 cm³/mol. The number of phenolic OH excluding ortho intramolecular Hbond substituents is 1. The van der Waals surface area contributed by atoms with Crippen molar-refractivity contribution in [3.8, 4) is 28.5 Å². The molecule has 9 heteroatoms. The van der Waals surface area contributed by atoms with E-state index in [2.05, 4.69) is 25.8 Å². The number of phenols is 1. The molecule has 2 aromatic heterocycles. The number of nitrogens with zero attached hydrogens (tertiary/aromatic N) is 4. The third kappa shape index (κ3) is 2.34. The van der Waals surface area contributed by atoms with Gasteiger partial charge in [-0.25, -0.2) is 4.68 Å². The van der Waals surface area contributed by atoms with E-state index >= 15 is 0 Å². The minimum atomic E-state index is -0.111. The fourth-order valence-electron chi connectivity index (χ4n) is 2.36. The topological polar surface area (TPSA) is 109 Å². The molecule has 0 saturated heterocycles. The molecule has 3 N–H and O–H groups in total. The second-order valence-electron chi connectivity index (χ2n) is 5.15. The minimum Gasteiger partial charge on any atom is -0.507 e. The number of hydrogen-bond donors (Lipinski definition) is 3. The molecule has 0 radical (unpaired) electrons. The van der Waals surface area contributed by atoms with Gasteiger partial charge in [0.15, 0.2) is 0 Å². The van der Waals surface area contributed by atoms with Crippen LogP contribution in [0.25, 0.3) is 22.8 Å². The number of carbonyl (C=O) groups is 1. The third-order valence-corrected chi connectivity index (χ3v) is 4.38. The molecule has 23 heavy (non-hydrogen) atoms. The van der Waals surface area contributed by atoms with Gasteiger partial charge in [0.2, 0.25) is 16.9 Å². The van der Waals surface area contributed by atoms with Gasteiger partial charge in [0.05, 0.1) is 11.4 Å². The van der Waals surface area contributed by atoms with Crippen molar-refractivity contribution >= 4 is 17.7 Å². The van der Waals surface area contributed by atoms with Crippen molar-refractivity contribution in [1.82, 2.24) is 25.1 Å². The molecular formula is C14H12N6O2S. The van der Waals surface area contributed by atoms with Crippen LogP contribution in [-0.2, 0) is 4.79 Å². The first-order valence-corrected chi connectivity index (χ1v) is 7.84. The zero-order chi connectivity index (χ0) is 16.0. The van der Waals surface area contributed by atoms with Gasteiger partial charge in [0.1, 0.15) is 11.4 Å². The number of rotatable bonds is 2. The van der Waals surface area contributed by atoms with Gasteiger partial charge in [-0.1, -0.05) is 23.4 Å². The summed E-state index contributed by atoms with van der Waals surface area (Å²) in [5.41, 5.74) is 5.55. The Morgan fingerprint density at radius 1 is 1.30 bits per heavy atom. The fourth-order valence-corrected chi connectivity index (χ4v) is 3.04. The molecule has 0 bridgehead atoms. The van der Waals surface area contributed by atoms with Gasteiger partial charge < -0.3 is 5.11 Å². The number of thioether (sulfide) groups is 1. The van der Waals surface area contributed by atoms with Gasteiger partial charge in [-0.05, 0) is 25.1 Å². The first-order valence-electron chi connectivity index (χ1n) is 6.85. The molecule has 0 aliphatic carbocycles. The van der Waals surface area contributed by atoms with Crippen LogP contribution < -0.4 is 5.43 Å². The lowest BCUT2D eigenvalue weighted by molar-refractivity contribution is -0.114. The lowest BCUT2D eigenvalue weighted by atomic mass is 10.1. The number of nitrogens with one attached hydrogen (secondary N) is 2. The second kappa shape index (κ2) is 5.13. The Bertz CT molecular complexity index is 916. The number of benzene rings is 1. The lowest BCUT2D eigenvalue weighted by Gasteiger charge is -2.14. The normalized spacial score (nSPS) is 13.7. The van der Waals surface area contributed by atoms with Crippen molar-refractivity contribution in [3.05, 3.63) is 29.8 Å². The smallest absolute Gasteiger partial charge is 0.249 e. The van der Waals surface area contributed by atoms with Crippen molar-refractivity contribution in [1.29, 1.82) is 0 Å². The van der Waals surface area contributed by atoms with Gasteiger partial charge in [-0.2, -0.15) is 5.10 Å². The van der Waals surface area contributed by atoms with Crippen LogP contribution in [0, 0.1) is 6.92 Å². The van der Waals surface area contributed by atoms with Crippen molar-refractivity contribution in [2.75, 3.05) is 11.2 Å². The Morgan fingerprint density at radius 3 is 3.04 bits per heavy atom. The van der Waals surface area contributed by atoms with E-state index in [1.54, 1.807) is 12.1 Å². The minimum absolute atomic E-state index is 0.111. The summed E-state index contributed by atoms with van der Waals surface area (Å²) < 4.78 is 1.53. The number of aryl methyl sites for hydroxylation is 1. The summed E-state index contributed by atoms with van der Waals surface area (Å²) in [6, 6.07) is 7.08. The van der Waals surface area contributed by atoms with Gasteiger partial charge in [-0.3, -0.25) is 15.3 Å². The maximum absolute atomic E-state index is 11.5. The number of hydrogen-bond acceptors (Lipinski definition) is 6. The average Bonchev–Trinajstić information content (AvgIpc) is 3.15. The van der Waals surface area contributed by atoms with Crippen LogP contribution in [0.3, 0.4) is 0 Å². The summed E-state index contributed by atoms with van der Waals surface area (Å²) in [4.78, 5) is 11.5. The number of aromatic amines is 1. The first-order chi connectivity index (χ1) is 11.1. The van der Waals surface area contributed by atoms with E-state index in [9.17, 15) is 9.90 Å². The summed E-state index contributed by atoms with van der Waals surface area (Å²) in [6.45, 7) is 1.94. The molecule has 116 valence electrons. The van der Waals surface area contributed by atoms with Crippen LogP contribution in [0.15, 0.2) is 29.4 Å². The highest BCUT2D eigenvalue weighted by Crippen LogP contribution is 2.31. The van der Waals surface area contributed by atoms with Gasteiger partial charge in [0, 0.05) is 5.56 Å². The average molecular weight is 328 g/mol. The van der Waals surface area contributed by atoms with E-state index in [1.165, 1.54) is 16.4 Å². The Kier molecular flexibility index (Phi) is 3.08. The van der Waals surface area contributed by atoms with Crippen LogP contribution in [-0.4, -0.2) is 41.8 Å². The Morgan fingerprint density at radius 2 is 2.17 bits per heavy atom. The molecule has 4 rings (SSSR count). The molecular weight excluding hydrogens is 316 g/mol. The van der Waals surface area contributed by atoms with E-state index in [-0.39, 0.29) is 11.7 Å². The van der Waals surface area contributed by atoms with Crippen LogP contribution in [0.5, 0.6) is 5.75 Å². The van der Waals surface area contributed by atoms with Crippen LogP contribution in [0.1, 0.15) is 5.56 Å². The molecule has 1 aliphatic rings. The highest BCUT2D eigenvalue weighted by Gasteiger charge is 2.23. The number of aromatic nitrogens is 5. The van der Waals surface area contributed by atoms with E-state index in [1.807, 2.05) is 19.1 Å². The molecule has 0 saturated carbocycles. The molecule has 3 heterocycles. The van der Waals surface area contributed by atoms with Gasteiger partial charge in [-0.15, -0.1) is 10.2 Å². The largest absolute Gasteiger partial charge is 0.507 e. The molecule has 0 fully saturated rings. The number of carbonyl (C=O) groups excluding carboxylic acids is 1. The standard InChI is InChI=1S/C14H12N6O2S/c1-7-2-3-11(21)8(4-7)9-5-10(16-15-9)13-17-18-14-20(13)19-12(22)6-23-14/h2-5,21H,6H2,1H3,(H,15,16)(H,19,22). The lowest BCUT2D eigenvalue weighted by Crippen LogP contribution is -2.29. The SMILES string of the molecule is Cc1ccc(O)c(-c2cc(-c3nnc4n3NC(=O)CS4)[nH]n2)c1. The van der Waals surface area contributed by atoms with Crippen molar-refractivity contribution < 1.29 is 9.90 Å². The maximum atomic E-state index is 11.5. The number of fused-ring (bicyclic) bond motifs is 1. The van der Waals surface area contributed by atoms with Crippen LogP contribution in [0.2, 0.25) is 0 Å². The maximum Gasteiger partial charge on any atom is 0.249 e. The van der Waals surface area contributed by atoms with Gasteiger partial charge >= 0.3 is 0 Å². The monoisotopic (exact) mass is 328 g/mol. The number of amides is 1. The summed E-state index contributed by atoms with van der Waals surface area (Å²) in [6.07, 6.45) is 0. The molecule has 0 atom stereocenters. The zero-order valence-electron chi connectivity index (χ0n) is 12.1. The van der Waals surface area contributed by atoms with Crippen LogP contribution in [0.4, 0.5) is 0 Å². The fraction of sp³-hybridized carbons (Fsp3) is 0.143. The molecule has 1 aliphatic heterocycles. The van der Waals surface area contributed by atoms with Crippen molar-refractivity contribution in [3.63, 3.8) is 0 Å². The Labute approximate surface area is 134 Å². The van der Waals surface area contributed by atoms with Crippen molar-refractivity contribution in [2.45, 2.75) is 12.1 Å². The highest BCUT2D eigenvalue weighted by atomic mass is 32.2. The van der Waals surface area contributed by atoms with Crippen LogP contribution >= 0.6 is 11.8 Å². The van der Waals surface area contributed by atoms with Gasteiger partial charge in [0.25, 0.3) is 0 Å². The summed E-state index contributed by atoms with van der Waals surface area (Å²) in [7, 11) is 0.